The quantitative estimate of drug-likeness (QED) is 0.774. The van der Waals surface area contributed by atoms with Crippen molar-refractivity contribution < 1.29 is 24.2 Å². The third kappa shape index (κ3) is 8.22. The van der Waals surface area contributed by atoms with Gasteiger partial charge in [-0.05, 0) is 39.8 Å². The van der Waals surface area contributed by atoms with Gasteiger partial charge in [-0.1, -0.05) is 23.8 Å². The van der Waals surface area contributed by atoms with Crippen molar-refractivity contribution >= 4 is 12.1 Å². The fourth-order valence-corrected chi connectivity index (χ4v) is 1.77. The molecule has 6 heteroatoms. The summed E-state index contributed by atoms with van der Waals surface area (Å²) in [5, 5.41) is 8.65. The molecule has 0 spiro atoms. The van der Waals surface area contributed by atoms with Crippen molar-refractivity contribution in [2.24, 2.45) is 0 Å². The molecule has 0 fully saturated rings. The van der Waals surface area contributed by atoms with Gasteiger partial charge in [-0.2, -0.15) is 0 Å². The first kappa shape index (κ1) is 19.5. The summed E-state index contributed by atoms with van der Waals surface area (Å²) in [4.78, 5) is 24.1. The second kappa shape index (κ2) is 8.96. The second-order valence-corrected chi connectivity index (χ2v) is 6.33. The van der Waals surface area contributed by atoms with E-state index in [2.05, 4.69) is 0 Å². The zero-order chi connectivity index (χ0) is 18.2. The molecule has 0 aliphatic heterocycles. The minimum Gasteiger partial charge on any atom is -0.492 e. The van der Waals surface area contributed by atoms with E-state index in [-0.39, 0.29) is 19.7 Å². The van der Waals surface area contributed by atoms with Gasteiger partial charge in [-0.15, -0.1) is 0 Å². The van der Waals surface area contributed by atoms with Gasteiger partial charge in [0.15, 0.2) is 0 Å². The smallest absolute Gasteiger partial charge is 0.410 e. The molecule has 0 saturated carbocycles. The molecule has 0 heterocycles. The number of hydrogen-bond donors (Lipinski definition) is 1. The Morgan fingerprint density at radius 1 is 1.21 bits per heavy atom. The Labute approximate surface area is 142 Å². The number of rotatable bonds is 7. The molecule has 0 aliphatic rings. The van der Waals surface area contributed by atoms with Crippen LogP contribution in [0.1, 0.15) is 26.3 Å². The molecule has 0 aliphatic carbocycles. The van der Waals surface area contributed by atoms with Crippen LogP contribution < -0.4 is 4.74 Å². The minimum absolute atomic E-state index is 0.137. The van der Waals surface area contributed by atoms with Crippen molar-refractivity contribution in [2.45, 2.75) is 33.3 Å². The van der Waals surface area contributed by atoms with Gasteiger partial charge in [-0.3, -0.25) is 0 Å². The summed E-state index contributed by atoms with van der Waals surface area (Å²) in [6.07, 6.45) is 1.89. The molecule has 0 radical (unpaired) electrons. The summed E-state index contributed by atoms with van der Waals surface area (Å²) < 4.78 is 10.9. The Kier molecular flexibility index (Phi) is 7.30. The number of amides is 1. The van der Waals surface area contributed by atoms with Crippen molar-refractivity contribution in [3.8, 4) is 5.75 Å². The predicted molar refractivity (Wildman–Crippen MR) is 91.3 cm³/mol. The molecule has 24 heavy (non-hydrogen) atoms. The van der Waals surface area contributed by atoms with Crippen molar-refractivity contribution in [2.75, 3.05) is 19.7 Å². The van der Waals surface area contributed by atoms with Crippen molar-refractivity contribution in [3.63, 3.8) is 0 Å². The van der Waals surface area contributed by atoms with Crippen LogP contribution in [-0.4, -0.2) is 47.4 Å². The van der Waals surface area contributed by atoms with Crippen LogP contribution in [0.2, 0.25) is 0 Å². The highest BCUT2D eigenvalue weighted by Gasteiger charge is 2.21. The number of aryl methyl sites for hydroxylation is 1. The van der Waals surface area contributed by atoms with Crippen LogP contribution in [0.15, 0.2) is 36.4 Å². The standard InChI is InChI=1S/C18H25NO5/c1-14-7-9-15(10-8-14)23-13-12-19(11-5-6-16(20)21)17(22)24-18(2,3)4/h5-10H,11-13H2,1-4H3,(H,20,21)/b6-5-. The largest absolute Gasteiger partial charge is 0.492 e. The molecule has 0 aromatic heterocycles. The van der Waals surface area contributed by atoms with E-state index in [1.807, 2.05) is 31.2 Å². The van der Waals surface area contributed by atoms with Crippen LogP contribution >= 0.6 is 0 Å². The van der Waals surface area contributed by atoms with Gasteiger partial charge in [0.1, 0.15) is 18.0 Å². The summed E-state index contributed by atoms with van der Waals surface area (Å²) in [5.74, 6) is -0.346. The molecule has 1 rings (SSSR count). The number of hydrogen-bond acceptors (Lipinski definition) is 4. The van der Waals surface area contributed by atoms with E-state index >= 15 is 0 Å². The fourth-order valence-electron chi connectivity index (χ4n) is 1.77. The molecule has 6 nitrogen and oxygen atoms in total. The van der Waals surface area contributed by atoms with E-state index in [1.54, 1.807) is 20.8 Å². The number of carboxylic acid groups (broad SMARTS) is 1. The van der Waals surface area contributed by atoms with E-state index in [1.165, 1.54) is 11.0 Å². The maximum Gasteiger partial charge on any atom is 0.410 e. The SMILES string of the molecule is Cc1ccc(OCCN(C/C=C\C(=O)O)C(=O)OC(C)(C)C)cc1. The van der Waals surface area contributed by atoms with Gasteiger partial charge in [0.2, 0.25) is 0 Å². The third-order valence-corrected chi connectivity index (χ3v) is 2.89. The number of aliphatic carboxylic acids is 1. The molecular formula is C18H25NO5. The van der Waals surface area contributed by atoms with Crippen LogP contribution in [0.5, 0.6) is 5.75 Å². The zero-order valence-corrected chi connectivity index (χ0v) is 14.6. The van der Waals surface area contributed by atoms with Gasteiger partial charge < -0.3 is 19.5 Å². The summed E-state index contributed by atoms with van der Waals surface area (Å²) in [6.45, 7) is 8.02. The minimum atomic E-state index is -1.06. The Bertz CT molecular complexity index is 572. The highest BCUT2D eigenvalue weighted by Crippen LogP contribution is 2.12. The first-order valence-electron chi connectivity index (χ1n) is 7.74. The summed E-state index contributed by atoms with van der Waals surface area (Å²) in [6, 6.07) is 7.60. The third-order valence-electron chi connectivity index (χ3n) is 2.89. The molecule has 0 bridgehead atoms. The lowest BCUT2D eigenvalue weighted by molar-refractivity contribution is -0.131. The number of carbonyl (C=O) groups excluding carboxylic acids is 1. The Morgan fingerprint density at radius 2 is 1.83 bits per heavy atom. The van der Waals surface area contributed by atoms with E-state index in [0.717, 1.165) is 11.6 Å². The van der Waals surface area contributed by atoms with E-state index in [0.29, 0.717) is 5.75 Å². The number of benzene rings is 1. The lowest BCUT2D eigenvalue weighted by Crippen LogP contribution is -2.39. The molecule has 1 aromatic rings. The zero-order valence-electron chi connectivity index (χ0n) is 14.6. The highest BCUT2D eigenvalue weighted by atomic mass is 16.6. The molecular weight excluding hydrogens is 310 g/mol. The van der Waals surface area contributed by atoms with Gasteiger partial charge in [0.25, 0.3) is 0 Å². The lowest BCUT2D eigenvalue weighted by Gasteiger charge is -2.26. The van der Waals surface area contributed by atoms with Gasteiger partial charge >= 0.3 is 12.1 Å². The Morgan fingerprint density at radius 3 is 2.38 bits per heavy atom. The Hall–Kier alpha value is -2.50. The van der Waals surface area contributed by atoms with E-state index < -0.39 is 17.7 Å². The summed E-state index contributed by atoms with van der Waals surface area (Å²) in [5.41, 5.74) is 0.514. The number of carboxylic acids is 1. The van der Waals surface area contributed by atoms with Crippen LogP contribution in [0.25, 0.3) is 0 Å². The number of nitrogens with zero attached hydrogens (tertiary/aromatic N) is 1. The number of carbonyl (C=O) groups is 2. The molecule has 0 unspecified atom stereocenters. The topological polar surface area (TPSA) is 76.1 Å². The monoisotopic (exact) mass is 335 g/mol. The van der Waals surface area contributed by atoms with Gasteiger partial charge in [-0.25, -0.2) is 9.59 Å². The summed E-state index contributed by atoms with van der Waals surface area (Å²) >= 11 is 0. The molecule has 132 valence electrons. The molecule has 1 aromatic carbocycles. The molecule has 0 saturated heterocycles. The second-order valence-electron chi connectivity index (χ2n) is 6.33. The predicted octanol–water partition coefficient (Wildman–Crippen LogP) is 3.25. The normalized spacial score (nSPS) is 11.3. The fraction of sp³-hybridized carbons (Fsp3) is 0.444. The van der Waals surface area contributed by atoms with Crippen molar-refractivity contribution in [1.82, 2.24) is 4.90 Å². The van der Waals surface area contributed by atoms with Crippen molar-refractivity contribution in [3.05, 3.63) is 42.0 Å². The molecule has 0 atom stereocenters. The maximum atomic E-state index is 12.2. The maximum absolute atomic E-state index is 12.2. The van der Waals surface area contributed by atoms with Crippen LogP contribution in [0.4, 0.5) is 4.79 Å². The Balaban J connectivity index is 2.61. The first-order valence-corrected chi connectivity index (χ1v) is 7.74. The van der Waals surface area contributed by atoms with E-state index in [4.69, 9.17) is 14.6 Å². The molecule has 1 amide bonds. The van der Waals surface area contributed by atoms with Crippen LogP contribution in [0.3, 0.4) is 0 Å². The average Bonchev–Trinajstić information content (AvgIpc) is 2.45. The summed E-state index contributed by atoms with van der Waals surface area (Å²) in [7, 11) is 0. The lowest BCUT2D eigenvalue weighted by atomic mass is 10.2. The van der Waals surface area contributed by atoms with Crippen LogP contribution in [0, 0.1) is 6.92 Å². The molecule has 1 N–H and O–H groups in total. The first-order chi connectivity index (χ1) is 11.2. The van der Waals surface area contributed by atoms with E-state index in [9.17, 15) is 9.59 Å². The van der Waals surface area contributed by atoms with Crippen LogP contribution in [-0.2, 0) is 9.53 Å². The van der Waals surface area contributed by atoms with Gasteiger partial charge in [0.05, 0.1) is 6.54 Å². The average molecular weight is 335 g/mol. The van der Waals surface area contributed by atoms with Gasteiger partial charge in [0, 0.05) is 12.6 Å². The van der Waals surface area contributed by atoms with Crippen molar-refractivity contribution in [1.29, 1.82) is 0 Å². The number of ether oxygens (including phenoxy) is 2. The highest BCUT2D eigenvalue weighted by molar-refractivity contribution is 5.79.